The van der Waals surface area contributed by atoms with E-state index < -0.39 is 0 Å². The van der Waals surface area contributed by atoms with Crippen molar-refractivity contribution in [2.75, 3.05) is 65.8 Å². The molecular weight excluding hydrogens is 344 g/mol. The van der Waals surface area contributed by atoms with Crippen LogP contribution in [0.25, 0.3) is 0 Å². The van der Waals surface area contributed by atoms with Gasteiger partial charge in [0.2, 0.25) is 0 Å². The summed E-state index contributed by atoms with van der Waals surface area (Å²) < 4.78 is 16.9. The second kappa shape index (κ2) is 19.1. The third kappa shape index (κ3) is 15.3. The lowest BCUT2D eigenvalue weighted by Gasteiger charge is -2.14. The SMILES string of the molecule is CCCCCCNCCOCCOCCC1CN(CCOCCCC)NN1. The number of rotatable bonds is 20. The summed E-state index contributed by atoms with van der Waals surface area (Å²) in [4.78, 5) is 0. The molecule has 7 heteroatoms. The van der Waals surface area contributed by atoms with Gasteiger partial charge in [-0.15, -0.1) is 0 Å². The van der Waals surface area contributed by atoms with Crippen LogP contribution in [-0.4, -0.2) is 76.9 Å². The fraction of sp³-hybridized carbons (Fsp3) is 1.00. The lowest BCUT2D eigenvalue weighted by molar-refractivity contribution is 0.0459. The second-order valence-electron chi connectivity index (χ2n) is 7.19. The van der Waals surface area contributed by atoms with Crippen LogP contribution in [0.15, 0.2) is 0 Å². The minimum Gasteiger partial charge on any atom is -0.380 e. The smallest absolute Gasteiger partial charge is 0.0701 e. The van der Waals surface area contributed by atoms with Crippen LogP contribution < -0.4 is 16.3 Å². The van der Waals surface area contributed by atoms with E-state index in [4.69, 9.17) is 14.2 Å². The molecule has 0 aromatic rings. The number of hydrogen-bond donors (Lipinski definition) is 3. The maximum Gasteiger partial charge on any atom is 0.0701 e. The van der Waals surface area contributed by atoms with E-state index in [1.807, 2.05) is 0 Å². The van der Waals surface area contributed by atoms with Crippen molar-refractivity contribution in [1.82, 2.24) is 21.3 Å². The summed E-state index contributed by atoms with van der Waals surface area (Å²) in [5.74, 6) is 0. The van der Waals surface area contributed by atoms with Crippen LogP contribution in [0.1, 0.15) is 58.8 Å². The summed E-state index contributed by atoms with van der Waals surface area (Å²) in [5, 5.41) is 5.59. The fourth-order valence-electron chi connectivity index (χ4n) is 2.87. The van der Waals surface area contributed by atoms with E-state index in [0.29, 0.717) is 19.3 Å². The zero-order chi connectivity index (χ0) is 19.4. The van der Waals surface area contributed by atoms with Gasteiger partial charge in [-0.3, -0.25) is 0 Å². The van der Waals surface area contributed by atoms with Gasteiger partial charge < -0.3 is 19.5 Å². The first kappa shape index (κ1) is 24.8. The highest BCUT2D eigenvalue weighted by atomic mass is 16.5. The zero-order valence-corrected chi connectivity index (χ0v) is 17.8. The minimum atomic E-state index is 0.429. The lowest BCUT2D eigenvalue weighted by atomic mass is 10.2. The maximum absolute atomic E-state index is 5.67. The molecule has 1 saturated heterocycles. The average molecular weight is 389 g/mol. The first-order valence-corrected chi connectivity index (χ1v) is 11.1. The number of ether oxygens (including phenoxy) is 3. The average Bonchev–Trinajstić information content (AvgIpc) is 3.13. The highest BCUT2D eigenvalue weighted by Crippen LogP contribution is 2.01. The highest BCUT2D eigenvalue weighted by Gasteiger charge is 2.20. The van der Waals surface area contributed by atoms with Gasteiger partial charge in [-0.05, 0) is 25.8 Å². The van der Waals surface area contributed by atoms with Gasteiger partial charge >= 0.3 is 0 Å². The summed E-state index contributed by atoms with van der Waals surface area (Å²) in [6.07, 6.45) is 8.56. The molecule has 1 heterocycles. The van der Waals surface area contributed by atoms with Crippen molar-refractivity contribution in [2.45, 2.75) is 64.8 Å². The van der Waals surface area contributed by atoms with E-state index in [1.54, 1.807) is 0 Å². The summed E-state index contributed by atoms with van der Waals surface area (Å²) >= 11 is 0. The normalized spacial score (nSPS) is 17.8. The molecule has 7 nitrogen and oxygen atoms in total. The summed E-state index contributed by atoms with van der Waals surface area (Å²) in [6, 6.07) is 0.429. The first-order chi connectivity index (χ1) is 13.4. The summed E-state index contributed by atoms with van der Waals surface area (Å²) in [5.41, 5.74) is 6.51. The Bertz CT molecular complexity index is 311. The summed E-state index contributed by atoms with van der Waals surface area (Å²) in [6.45, 7) is 12.9. The molecule has 1 aliphatic rings. The zero-order valence-electron chi connectivity index (χ0n) is 17.8. The Kier molecular flexibility index (Phi) is 17.5. The molecule has 162 valence electrons. The Morgan fingerprint density at radius 3 is 2.41 bits per heavy atom. The Labute approximate surface area is 166 Å². The van der Waals surface area contributed by atoms with Crippen LogP contribution in [0.3, 0.4) is 0 Å². The lowest BCUT2D eigenvalue weighted by Crippen LogP contribution is -2.38. The quantitative estimate of drug-likeness (QED) is 0.276. The molecule has 0 aromatic heterocycles. The molecule has 0 aliphatic carbocycles. The Morgan fingerprint density at radius 2 is 1.59 bits per heavy atom. The Hall–Kier alpha value is -0.280. The van der Waals surface area contributed by atoms with Crippen LogP contribution in [0.4, 0.5) is 0 Å². The predicted octanol–water partition coefficient (Wildman–Crippen LogP) is 2.09. The van der Waals surface area contributed by atoms with E-state index in [-0.39, 0.29) is 0 Å². The number of hydrazine groups is 2. The van der Waals surface area contributed by atoms with Gasteiger partial charge in [0.25, 0.3) is 0 Å². The van der Waals surface area contributed by atoms with Gasteiger partial charge in [-0.1, -0.05) is 39.5 Å². The monoisotopic (exact) mass is 388 g/mol. The second-order valence-corrected chi connectivity index (χ2v) is 7.19. The standard InChI is InChI=1S/C20H44N4O3/c1-3-5-7-8-10-21-11-15-27-18-17-26-14-9-20-19-24(23-22-20)12-16-25-13-6-4-2/h20-23H,3-19H2,1-2H3. The number of nitrogens with zero attached hydrogens (tertiary/aromatic N) is 1. The number of hydrogen-bond acceptors (Lipinski definition) is 7. The number of nitrogens with one attached hydrogen (secondary N) is 3. The van der Waals surface area contributed by atoms with Crippen molar-refractivity contribution in [3.63, 3.8) is 0 Å². The minimum absolute atomic E-state index is 0.429. The molecule has 1 aliphatic heterocycles. The van der Waals surface area contributed by atoms with Crippen LogP contribution in [-0.2, 0) is 14.2 Å². The van der Waals surface area contributed by atoms with Gasteiger partial charge in [-0.25, -0.2) is 10.4 Å². The van der Waals surface area contributed by atoms with Gasteiger partial charge in [0.1, 0.15) is 0 Å². The van der Waals surface area contributed by atoms with E-state index in [0.717, 1.165) is 65.4 Å². The van der Waals surface area contributed by atoms with E-state index in [2.05, 4.69) is 35.1 Å². The molecular formula is C20H44N4O3. The molecule has 0 aromatic carbocycles. The molecule has 1 unspecified atom stereocenters. The molecule has 1 rings (SSSR count). The molecule has 0 spiro atoms. The molecule has 0 bridgehead atoms. The van der Waals surface area contributed by atoms with Gasteiger partial charge in [0.15, 0.2) is 0 Å². The van der Waals surface area contributed by atoms with Crippen molar-refractivity contribution in [1.29, 1.82) is 0 Å². The van der Waals surface area contributed by atoms with Gasteiger partial charge in [0.05, 0.1) is 26.4 Å². The molecule has 1 fully saturated rings. The van der Waals surface area contributed by atoms with Crippen LogP contribution in [0.2, 0.25) is 0 Å². The molecule has 3 N–H and O–H groups in total. The van der Waals surface area contributed by atoms with Crippen molar-refractivity contribution < 1.29 is 14.2 Å². The van der Waals surface area contributed by atoms with Gasteiger partial charge in [-0.2, -0.15) is 5.53 Å². The third-order valence-electron chi connectivity index (χ3n) is 4.63. The van der Waals surface area contributed by atoms with E-state index in [9.17, 15) is 0 Å². The van der Waals surface area contributed by atoms with Crippen molar-refractivity contribution in [2.24, 2.45) is 0 Å². The molecule has 0 saturated carbocycles. The van der Waals surface area contributed by atoms with Gasteiger partial charge in [0, 0.05) is 38.9 Å². The third-order valence-corrected chi connectivity index (χ3v) is 4.63. The van der Waals surface area contributed by atoms with Crippen molar-refractivity contribution in [3.8, 4) is 0 Å². The van der Waals surface area contributed by atoms with Crippen molar-refractivity contribution in [3.05, 3.63) is 0 Å². The first-order valence-electron chi connectivity index (χ1n) is 11.1. The molecule has 1 atom stereocenters. The van der Waals surface area contributed by atoms with Crippen LogP contribution in [0, 0.1) is 0 Å². The topological polar surface area (TPSA) is 67.0 Å². The van der Waals surface area contributed by atoms with Crippen LogP contribution in [0.5, 0.6) is 0 Å². The fourth-order valence-corrected chi connectivity index (χ4v) is 2.87. The molecule has 0 amide bonds. The molecule has 27 heavy (non-hydrogen) atoms. The van der Waals surface area contributed by atoms with E-state index in [1.165, 1.54) is 32.1 Å². The highest BCUT2D eigenvalue weighted by molar-refractivity contribution is 4.73. The Balaban J connectivity index is 1.77. The summed E-state index contributed by atoms with van der Waals surface area (Å²) in [7, 11) is 0. The number of unbranched alkanes of at least 4 members (excludes halogenated alkanes) is 4. The maximum atomic E-state index is 5.67. The predicted molar refractivity (Wildman–Crippen MR) is 111 cm³/mol. The Morgan fingerprint density at radius 1 is 0.815 bits per heavy atom. The van der Waals surface area contributed by atoms with E-state index >= 15 is 0 Å². The molecule has 0 radical (unpaired) electrons. The van der Waals surface area contributed by atoms with Crippen molar-refractivity contribution >= 4 is 0 Å². The largest absolute Gasteiger partial charge is 0.380 e. The van der Waals surface area contributed by atoms with Crippen LogP contribution >= 0.6 is 0 Å².